The number of unbranched alkanes of at least 4 members (excludes halogenated alkanes) is 1. The van der Waals surface area contributed by atoms with Crippen LogP contribution in [0.15, 0.2) is 36.7 Å². The summed E-state index contributed by atoms with van der Waals surface area (Å²) in [6, 6.07) is 9.32. The first-order chi connectivity index (χ1) is 13.2. The third-order valence-corrected chi connectivity index (χ3v) is 5.92. The van der Waals surface area contributed by atoms with Crippen molar-refractivity contribution < 1.29 is 4.79 Å². The van der Waals surface area contributed by atoms with E-state index in [0.29, 0.717) is 24.4 Å². The van der Waals surface area contributed by atoms with E-state index >= 15 is 0 Å². The highest BCUT2D eigenvalue weighted by Gasteiger charge is 2.34. The van der Waals surface area contributed by atoms with E-state index in [4.69, 9.17) is 0 Å². The first-order valence-electron chi connectivity index (χ1n) is 10.4. The van der Waals surface area contributed by atoms with Gasteiger partial charge in [0.15, 0.2) is 0 Å². The lowest BCUT2D eigenvalue weighted by atomic mass is 9.89. The normalized spacial score (nSPS) is 24.1. The molecule has 0 radical (unpaired) electrons. The maximum absolute atomic E-state index is 12.6. The molecule has 0 aliphatic carbocycles. The van der Waals surface area contributed by atoms with Crippen molar-refractivity contribution in [3.05, 3.63) is 36.7 Å². The summed E-state index contributed by atoms with van der Waals surface area (Å²) in [7, 11) is 0. The van der Waals surface area contributed by atoms with E-state index in [1.807, 2.05) is 30.6 Å². The van der Waals surface area contributed by atoms with Gasteiger partial charge in [-0.2, -0.15) is 0 Å². The van der Waals surface area contributed by atoms with Crippen LogP contribution in [0.1, 0.15) is 51.9 Å². The Kier molecular flexibility index (Phi) is 5.58. The minimum absolute atomic E-state index is 0.132. The molecule has 5 nitrogen and oxygen atoms in total. The number of anilines is 1. The smallest absolute Gasteiger partial charge is 0.224 e. The highest BCUT2D eigenvalue weighted by molar-refractivity contribution is 5.91. The van der Waals surface area contributed by atoms with Gasteiger partial charge in [-0.25, -0.2) is 4.98 Å². The minimum atomic E-state index is 0.132. The van der Waals surface area contributed by atoms with Crippen LogP contribution in [0.5, 0.6) is 0 Å². The zero-order chi connectivity index (χ0) is 18.6. The van der Waals surface area contributed by atoms with Crippen molar-refractivity contribution >= 4 is 11.6 Å². The molecule has 5 heteroatoms. The fourth-order valence-corrected chi connectivity index (χ4v) is 4.63. The number of nitrogens with zero attached hydrogens (tertiary/aromatic N) is 2. The fourth-order valence-electron chi connectivity index (χ4n) is 4.63. The van der Waals surface area contributed by atoms with Gasteiger partial charge in [0.1, 0.15) is 5.82 Å². The average molecular weight is 367 g/mol. The predicted molar refractivity (Wildman–Crippen MR) is 108 cm³/mol. The Labute approximate surface area is 161 Å². The number of hydrogen-bond acceptors (Lipinski definition) is 3. The van der Waals surface area contributed by atoms with Gasteiger partial charge in [-0.3, -0.25) is 4.79 Å². The largest absolute Gasteiger partial charge is 0.331 e. The Balaban J connectivity index is 1.39. The molecular formula is C22H30N4O. The van der Waals surface area contributed by atoms with Crippen LogP contribution < -0.4 is 10.6 Å². The molecule has 1 amide bonds. The van der Waals surface area contributed by atoms with E-state index in [1.54, 1.807) is 0 Å². The molecule has 4 rings (SSSR count). The summed E-state index contributed by atoms with van der Waals surface area (Å²) in [4.78, 5) is 17.1. The Bertz CT molecular complexity index is 772. The monoisotopic (exact) mass is 366 g/mol. The van der Waals surface area contributed by atoms with Gasteiger partial charge in [0.25, 0.3) is 0 Å². The highest BCUT2D eigenvalue weighted by atomic mass is 16.1. The summed E-state index contributed by atoms with van der Waals surface area (Å²) < 4.78 is 2.19. The molecule has 2 atom stereocenters. The maximum Gasteiger partial charge on any atom is 0.224 e. The minimum Gasteiger partial charge on any atom is -0.331 e. The maximum atomic E-state index is 12.6. The van der Waals surface area contributed by atoms with Crippen molar-refractivity contribution in [1.29, 1.82) is 0 Å². The van der Waals surface area contributed by atoms with Crippen molar-refractivity contribution in [1.82, 2.24) is 14.9 Å². The molecule has 2 aromatic rings. The lowest BCUT2D eigenvalue weighted by molar-refractivity contribution is -0.117. The lowest BCUT2D eigenvalue weighted by Crippen LogP contribution is -2.39. The van der Waals surface area contributed by atoms with Gasteiger partial charge in [-0.1, -0.05) is 25.5 Å². The van der Waals surface area contributed by atoms with Gasteiger partial charge in [0.2, 0.25) is 5.91 Å². The zero-order valence-corrected chi connectivity index (χ0v) is 16.2. The van der Waals surface area contributed by atoms with Gasteiger partial charge >= 0.3 is 0 Å². The second-order valence-corrected chi connectivity index (χ2v) is 8.11. The van der Waals surface area contributed by atoms with Crippen molar-refractivity contribution in [3.8, 4) is 11.4 Å². The van der Waals surface area contributed by atoms with Crippen molar-refractivity contribution in [2.75, 3.05) is 5.32 Å². The summed E-state index contributed by atoms with van der Waals surface area (Å²) in [5, 5.41) is 6.75. The molecule has 0 saturated carbocycles. The number of hydrogen-bond donors (Lipinski definition) is 2. The predicted octanol–water partition coefficient (Wildman–Crippen LogP) is 4.21. The first-order valence-corrected chi connectivity index (χ1v) is 10.4. The highest BCUT2D eigenvalue weighted by Crippen LogP contribution is 2.33. The molecule has 2 aliphatic heterocycles. The molecule has 2 aliphatic rings. The molecule has 2 unspecified atom stereocenters. The topological polar surface area (TPSA) is 59.0 Å². The quantitative estimate of drug-likeness (QED) is 0.772. The van der Waals surface area contributed by atoms with Gasteiger partial charge in [-0.05, 0) is 50.2 Å². The molecule has 27 heavy (non-hydrogen) atoms. The van der Waals surface area contributed by atoms with E-state index < -0.39 is 0 Å². The van der Waals surface area contributed by atoms with Crippen LogP contribution in [0.4, 0.5) is 5.69 Å². The van der Waals surface area contributed by atoms with Gasteiger partial charge in [0.05, 0.1) is 0 Å². The third kappa shape index (κ3) is 4.41. The van der Waals surface area contributed by atoms with Crippen LogP contribution >= 0.6 is 0 Å². The fraction of sp³-hybridized carbons (Fsp3) is 0.545. The standard InChI is InChI=1S/C22H30N4O/c1-2-3-10-26-11-9-23-22(26)17-5-4-6-18(15-17)25-21(27)14-16-12-19-7-8-20(13-16)24-19/h4-6,9,11,15-16,19-20,24H,2-3,7-8,10,12-14H2,1H3,(H,25,27). The van der Waals surface area contributed by atoms with Crippen LogP contribution in [0.3, 0.4) is 0 Å². The number of aromatic nitrogens is 2. The van der Waals surface area contributed by atoms with Crippen molar-refractivity contribution in [3.63, 3.8) is 0 Å². The van der Waals surface area contributed by atoms with Crippen LogP contribution in [-0.2, 0) is 11.3 Å². The number of aryl methyl sites for hydroxylation is 1. The number of carbonyl (C=O) groups is 1. The summed E-state index contributed by atoms with van der Waals surface area (Å²) in [6.07, 6.45) is 11.6. The number of imidazole rings is 1. The van der Waals surface area contributed by atoms with E-state index in [1.165, 1.54) is 12.8 Å². The van der Waals surface area contributed by atoms with E-state index in [0.717, 1.165) is 49.3 Å². The van der Waals surface area contributed by atoms with E-state index in [2.05, 4.69) is 33.2 Å². The summed E-state index contributed by atoms with van der Waals surface area (Å²) in [5.41, 5.74) is 1.91. The number of rotatable bonds is 7. The number of benzene rings is 1. The number of amides is 1. The van der Waals surface area contributed by atoms with E-state index in [9.17, 15) is 4.79 Å². The molecule has 2 saturated heterocycles. The summed E-state index contributed by atoms with van der Waals surface area (Å²) in [6.45, 7) is 3.17. The summed E-state index contributed by atoms with van der Waals surface area (Å²) >= 11 is 0. The second kappa shape index (κ2) is 8.26. The Morgan fingerprint density at radius 2 is 2.11 bits per heavy atom. The molecule has 1 aromatic carbocycles. The van der Waals surface area contributed by atoms with Crippen LogP contribution in [0.2, 0.25) is 0 Å². The zero-order valence-electron chi connectivity index (χ0n) is 16.2. The molecule has 2 bridgehead atoms. The second-order valence-electron chi connectivity index (χ2n) is 8.11. The van der Waals surface area contributed by atoms with Crippen molar-refractivity contribution in [2.45, 2.75) is 70.5 Å². The molecule has 1 aromatic heterocycles. The van der Waals surface area contributed by atoms with Crippen LogP contribution in [0, 0.1) is 5.92 Å². The molecule has 2 N–H and O–H groups in total. The first kappa shape index (κ1) is 18.2. The molecule has 3 heterocycles. The van der Waals surface area contributed by atoms with Crippen LogP contribution in [0.25, 0.3) is 11.4 Å². The Morgan fingerprint density at radius 1 is 1.30 bits per heavy atom. The van der Waals surface area contributed by atoms with Crippen LogP contribution in [-0.4, -0.2) is 27.5 Å². The van der Waals surface area contributed by atoms with Gasteiger partial charge < -0.3 is 15.2 Å². The van der Waals surface area contributed by atoms with Crippen molar-refractivity contribution in [2.24, 2.45) is 5.92 Å². The number of nitrogens with one attached hydrogen (secondary N) is 2. The average Bonchev–Trinajstić information content (AvgIpc) is 3.26. The molecule has 144 valence electrons. The summed E-state index contributed by atoms with van der Waals surface area (Å²) in [5.74, 6) is 1.61. The van der Waals surface area contributed by atoms with Gasteiger partial charge in [0, 0.05) is 48.7 Å². The number of carbonyl (C=O) groups excluding carboxylic acids is 1. The Morgan fingerprint density at radius 3 is 2.89 bits per heavy atom. The number of piperidine rings is 1. The lowest BCUT2D eigenvalue weighted by Gasteiger charge is -2.28. The van der Waals surface area contributed by atoms with Gasteiger partial charge in [-0.15, -0.1) is 0 Å². The number of fused-ring (bicyclic) bond motifs is 2. The molecule has 2 fully saturated rings. The van der Waals surface area contributed by atoms with E-state index in [-0.39, 0.29) is 5.91 Å². The molecular weight excluding hydrogens is 336 g/mol. The molecule has 0 spiro atoms. The Hall–Kier alpha value is -2.14. The third-order valence-electron chi connectivity index (χ3n) is 5.92. The SMILES string of the molecule is CCCCn1ccnc1-c1cccc(NC(=O)CC2CC3CCC(C2)N3)c1.